The van der Waals surface area contributed by atoms with E-state index in [-0.39, 0.29) is 10.6 Å². The largest absolute Gasteiger partial charge is 0.493 e. The van der Waals surface area contributed by atoms with E-state index in [1.54, 1.807) is 19.1 Å². The molecule has 0 aliphatic rings. The summed E-state index contributed by atoms with van der Waals surface area (Å²) >= 11 is 0. The molecule has 7 heteroatoms. The van der Waals surface area contributed by atoms with Gasteiger partial charge in [0.15, 0.2) is 11.5 Å². The van der Waals surface area contributed by atoms with Crippen LogP contribution in [0.1, 0.15) is 21.5 Å². The summed E-state index contributed by atoms with van der Waals surface area (Å²) in [5.41, 5.74) is 2.01. The maximum absolute atomic E-state index is 12.4. The summed E-state index contributed by atoms with van der Waals surface area (Å²) in [4.78, 5) is 12.2. The van der Waals surface area contributed by atoms with Crippen LogP contribution in [0.4, 0.5) is 0 Å². The molecule has 0 spiro atoms. The van der Waals surface area contributed by atoms with Crippen LogP contribution in [0.15, 0.2) is 41.3 Å². The molecule has 128 valence electrons. The third-order valence-electron chi connectivity index (χ3n) is 3.52. The SMILES string of the molecule is COc1ccc(S(=O)(=O)NC(=O)c2ccc(C)cc2C)cc1OC. The van der Waals surface area contributed by atoms with Gasteiger partial charge in [-0.3, -0.25) is 4.79 Å². The van der Waals surface area contributed by atoms with Crippen molar-refractivity contribution in [1.29, 1.82) is 0 Å². The third-order valence-corrected chi connectivity index (χ3v) is 4.85. The molecule has 1 N–H and O–H groups in total. The predicted octanol–water partition coefficient (Wildman–Crippen LogP) is 2.44. The van der Waals surface area contributed by atoms with Crippen molar-refractivity contribution >= 4 is 15.9 Å². The Morgan fingerprint density at radius 3 is 2.21 bits per heavy atom. The monoisotopic (exact) mass is 349 g/mol. The zero-order chi connectivity index (χ0) is 17.9. The first-order chi connectivity index (χ1) is 11.3. The van der Waals surface area contributed by atoms with Gasteiger partial charge in [-0.1, -0.05) is 17.7 Å². The Balaban J connectivity index is 2.32. The van der Waals surface area contributed by atoms with Gasteiger partial charge in [-0.25, -0.2) is 13.1 Å². The first-order valence-corrected chi connectivity index (χ1v) is 8.63. The number of aryl methyl sites for hydroxylation is 2. The second-order valence-electron chi connectivity index (χ2n) is 5.27. The highest BCUT2D eigenvalue weighted by atomic mass is 32.2. The van der Waals surface area contributed by atoms with E-state index in [9.17, 15) is 13.2 Å². The van der Waals surface area contributed by atoms with E-state index < -0.39 is 15.9 Å². The van der Waals surface area contributed by atoms with E-state index in [4.69, 9.17) is 9.47 Å². The number of methoxy groups -OCH3 is 2. The standard InChI is InChI=1S/C17H19NO5S/c1-11-5-7-14(12(2)9-11)17(19)18-24(20,21)13-6-8-15(22-3)16(10-13)23-4/h5-10H,1-4H3,(H,18,19). The molecule has 0 saturated heterocycles. The van der Waals surface area contributed by atoms with Gasteiger partial charge in [-0.05, 0) is 37.6 Å². The second kappa shape index (κ2) is 6.92. The molecule has 0 atom stereocenters. The Kier molecular flexibility index (Phi) is 5.14. The summed E-state index contributed by atoms with van der Waals surface area (Å²) in [6, 6.07) is 9.29. The van der Waals surface area contributed by atoms with Gasteiger partial charge in [0.05, 0.1) is 19.1 Å². The van der Waals surface area contributed by atoms with Crippen molar-refractivity contribution in [3.05, 3.63) is 53.1 Å². The molecule has 0 saturated carbocycles. The summed E-state index contributed by atoms with van der Waals surface area (Å²) < 4.78 is 37.1. The molecule has 6 nitrogen and oxygen atoms in total. The number of sulfonamides is 1. The Morgan fingerprint density at radius 1 is 0.958 bits per heavy atom. The Labute approximate surface area is 141 Å². The van der Waals surface area contributed by atoms with Gasteiger partial charge in [-0.15, -0.1) is 0 Å². The van der Waals surface area contributed by atoms with Crippen molar-refractivity contribution < 1.29 is 22.7 Å². The molecule has 2 aromatic rings. The van der Waals surface area contributed by atoms with Crippen LogP contribution < -0.4 is 14.2 Å². The molecular weight excluding hydrogens is 330 g/mol. The second-order valence-corrected chi connectivity index (χ2v) is 6.95. The molecule has 0 bridgehead atoms. The predicted molar refractivity (Wildman–Crippen MR) is 90.1 cm³/mol. The number of benzene rings is 2. The van der Waals surface area contributed by atoms with Crippen LogP contribution in [0.25, 0.3) is 0 Å². The topological polar surface area (TPSA) is 81.7 Å². The normalized spacial score (nSPS) is 11.0. The van der Waals surface area contributed by atoms with Crippen molar-refractivity contribution in [3.63, 3.8) is 0 Å². The van der Waals surface area contributed by atoms with E-state index in [0.29, 0.717) is 16.9 Å². The van der Waals surface area contributed by atoms with Crippen molar-refractivity contribution in [2.24, 2.45) is 0 Å². The van der Waals surface area contributed by atoms with Crippen molar-refractivity contribution in [1.82, 2.24) is 4.72 Å². The minimum absolute atomic E-state index is 0.0849. The van der Waals surface area contributed by atoms with Gasteiger partial charge >= 0.3 is 0 Å². The number of ether oxygens (including phenoxy) is 2. The highest BCUT2D eigenvalue weighted by molar-refractivity contribution is 7.90. The van der Waals surface area contributed by atoms with E-state index in [1.165, 1.54) is 32.4 Å². The lowest BCUT2D eigenvalue weighted by atomic mass is 10.1. The Hall–Kier alpha value is -2.54. The number of hydrogen-bond donors (Lipinski definition) is 1. The smallest absolute Gasteiger partial charge is 0.265 e. The van der Waals surface area contributed by atoms with Gasteiger partial charge in [0.1, 0.15) is 0 Å². The molecule has 0 aliphatic heterocycles. The first-order valence-electron chi connectivity index (χ1n) is 7.15. The van der Waals surface area contributed by atoms with E-state index in [1.807, 2.05) is 13.0 Å². The highest BCUT2D eigenvalue weighted by Gasteiger charge is 2.21. The van der Waals surface area contributed by atoms with E-state index in [2.05, 4.69) is 4.72 Å². The van der Waals surface area contributed by atoms with Crippen molar-refractivity contribution in [2.45, 2.75) is 18.7 Å². The van der Waals surface area contributed by atoms with Crippen LogP contribution >= 0.6 is 0 Å². The average Bonchev–Trinajstić information content (AvgIpc) is 2.53. The Morgan fingerprint density at radius 2 is 1.62 bits per heavy atom. The summed E-state index contributed by atoms with van der Waals surface area (Å²) in [6.07, 6.45) is 0. The lowest BCUT2D eigenvalue weighted by Gasteiger charge is -2.12. The number of carbonyl (C=O) groups is 1. The van der Waals surface area contributed by atoms with Gasteiger partial charge in [0.25, 0.3) is 15.9 Å². The molecule has 0 fully saturated rings. The number of carbonyl (C=O) groups excluding carboxylic acids is 1. The summed E-state index contributed by atoms with van der Waals surface area (Å²) in [5.74, 6) is -0.0150. The molecule has 1 amide bonds. The minimum Gasteiger partial charge on any atom is -0.493 e. The molecule has 2 aromatic carbocycles. The molecule has 0 heterocycles. The molecule has 0 aromatic heterocycles. The maximum atomic E-state index is 12.4. The number of nitrogens with one attached hydrogen (secondary N) is 1. The zero-order valence-corrected chi connectivity index (χ0v) is 14.7. The van der Waals surface area contributed by atoms with Crippen molar-refractivity contribution in [3.8, 4) is 11.5 Å². The van der Waals surface area contributed by atoms with Crippen LogP contribution in [0.5, 0.6) is 11.5 Å². The first kappa shape index (κ1) is 17.8. The minimum atomic E-state index is -4.03. The quantitative estimate of drug-likeness (QED) is 0.896. The van der Waals surface area contributed by atoms with Crippen LogP contribution in [0.2, 0.25) is 0 Å². The van der Waals surface area contributed by atoms with E-state index in [0.717, 1.165) is 5.56 Å². The summed E-state index contributed by atoms with van der Waals surface area (Å²) in [7, 11) is -1.17. The third kappa shape index (κ3) is 3.68. The van der Waals surface area contributed by atoms with Gasteiger partial charge in [-0.2, -0.15) is 0 Å². The van der Waals surface area contributed by atoms with Crippen LogP contribution in [-0.2, 0) is 10.0 Å². The number of hydrogen-bond acceptors (Lipinski definition) is 5. The van der Waals surface area contributed by atoms with Crippen LogP contribution in [0.3, 0.4) is 0 Å². The number of rotatable bonds is 5. The summed E-state index contributed by atoms with van der Waals surface area (Å²) in [5, 5.41) is 0. The van der Waals surface area contributed by atoms with Crippen molar-refractivity contribution in [2.75, 3.05) is 14.2 Å². The molecule has 24 heavy (non-hydrogen) atoms. The van der Waals surface area contributed by atoms with Gasteiger partial charge in [0, 0.05) is 11.6 Å². The fraction of sp³-hybridized carbons (Fsp3) is 0.235. The Bertz CT molecular complexity index is 875. The van der Waals surface area contributed by atoms with Gasteiger partial charge in [0.2, 0.25) is 0 Å². The molecule has 0 radical (unpaired) electrons. The molecule has 0 unspecified atom stereocenters. The number of amides is 1. The zero-order valence-electron chi connectivity index (χ0n) is 13.9. The van der Waals surface area contributed by atoms with Crippen LogP contribution in [-0.4, -0.2) is 28.5 Å². The lowest BCUT2D eigenvalue weighted by Crippen LogP contribution is -2.31. The molecule has 2 rings (SSSR count). The fourth-order valence-corrected chi connectivity index (χ4v) is 3.27. The maximum Gasteiger partial charge on any atom is 0.265 e. The fourth-order valence-electron chi connectivity index (χ4n) is 2.29. The van der Waals surface area contributed by atoms with Gasteiger partial charge < -0.3 is 9.47 Å². The van der Waals surface area contributed by atoms with Crippen LogP contribution in [0, 0.1) is 13.8 Å². The van der Waals surface area contributed by atoms with E-state index >= 15 is 0 Å². The highest BCUT2D eigenvalue weighted by Crippen LogP contribution is 2.29. The summed E-state index contributed by atoms with van der Waals surface area (Å²) in [6.45, 7) is 3.65. The average molecular weight is 349 g/mol. The molecular formula is C17H19NO5S. The molecule has 0 aliphatic carbocycles. The lowest BCUT2D eigenvalue weighted by molar-refractivity contribution is 0.0981.